The van der Waals surface area contributed by atoms with Gasteiger partial charge in [-0.3, -0.25) is 4.79 Å². The van der Waals surface area contributed by atoms with Gasteiger partial charge in [0.1, 0.15) is 11.1 Å². The Morgan fingerprint density at radius 3 is 2.86 bits per heavy atom. The first-order valence-corrected chi connectivity index (χ1v) is 10.9. The van der Waals surface area contributed by atoms with Crippen molar-refractivity contribution in [1.82, 2.24) is 10.3 Å². The largest absolute Gasteiger partial charge is 0.370 e. The maximum Gasteiger partial charge on any atom is 0.226 e. The Labute approximate surface area is 174 Å². The van der Waals surface area contributed by atoms with Crippen LogP contribution < -0.4 is 10.2 Å². The quantitative estimate of drug-likeness (QED) is 0.783. The molecule has 5 nitrogen and oxygen atoms in total. The maximum absolute atomic E-state index is 12.8. The van der Waals surface area contributed by atoms with E-state index in [9.17, 15) is 10.1 Å². The van der Waals surface area contributed by atoms with Crippen molar-refractivity contribution < 1.29 is 4.79 Å². The zero-order chi connectivity index (χ0) is 19.7. The second-order valence-electron chi connectivity index (χ2n) is 7.94. The van der Waals surface area contributed by atoms with Crippen LogP contribution in [0.15, 0.2) is 23.6 Å². The van der Waals surface area contributed by atoms with Crippen molar-refractivity contribution in [3.63, 3.8) is 0 Å². The summed E-state index contributed by atoms with van der Waals surface area (Å²) in [6, 6.07) is 7.61. The van der Waals surface area contributed by atoms with Gasteiger partial charge in [0, 0.05) is 34.8 Å². The highest BCUT2D eigenvalue weighted by Crippen LogP contribution is 2.40. The summed E-state index contributed by atoms with van der Waals surface area (Å²) in [5, 5.41) is 16.1. The molecule has 0 bridgehead atoms. The van der Waals surface area contributed by atoms with Crippen LogP contribution in [0.1, 0.15) is 54.8 Å². The minimum atomic E-state index is -0.397. The fraction of sp³-hybridized carbons (Fsp3) is 0.476. The van der Waals surface area contributed by atoms with Crippen molar-refractivity contribution in [2.45, 2.75) is 45.1 Å². The molecule has 28 heavy (non-hydrogen) atoms. The molecule has 1 aliphatic heterocycles. The summed E-state index contributed by atoms with van der Waals surface area (Å²) in [5.41, 5.74) is 2.26. The molecule has 1 aromatic heterocycles. The fourth-order valence-electron chi connectivity index (χ4n) is 3.68. The van der Waals surface area contributed by atoms with E-state index >= 15 is 0 Å². The third-order valence-electron chi connectivity index (χ3n) is 5.80. The molecule has 2 heterocycles. The molecule has 0 unspecified atom stereocenters. The molecule has 1 saturated carbocycles. The maximum atomic E-state index is 12.8. The lowest BCUT2D eigenvalue weighted by Gasteiger charge is -2.39. The number of benzene rings is 1. The van der Waals surface area contributed by atoms with Crippen molar-refractivity contribution in [3.8, 4) is 6.07 Å². The molecule has 1 aliphatic carbocycles. The van der Waals surface area contributed by atoms with E-state index in [1.54, 1.807) is 17.4 Å². The summed E-state index contributed by atoms with van der Waals surface area (Å²) in [5.74, 6) is 0.737. The number of nitrogens with one attached hydrogen (secondary N) is 1. The second-order valence-corrected chi connectivity index (χ2v) is 9.32. The van der Waals surface area contributed by atoms with Gasteiger partial charge in [0.05, 0.1) is 23.5 Å². The summed E-state index contributed by atoms with van der Waals surface area (Å²) < 4.78 is 0. The Kier molecular flexibility index (Phi) is 5.31. The SMILES string of the molecule is CC1(C(=O)NCc2nc(C3CC3)cs2)CCN(c2ccc(Cl)cc2C#N)CC1. The van der Waals surface area contributed by atoms with Crippen molar-refractivity contribution in [2.24, 2.45) is 5.41 Å². The first kappa shape index (κ1) is 19.2. The molecule has 2 aromatic rings. The molecule has 2 fully saturated rings. The predicted octanol–water partition coefficient (Wildman–Crippen LogP) is 4.47. The molecule has 0 atom stereocenters. The molecular formula is C21H23ClN4OS. The first-order valence-electron chi connectivity index (χ1n) is 9.66. The van der Waals surface area contributed by atoms with Gasteiger partial charge >= 0.3 is 0 Å². The van der Waals surface area contributed by atoms with E-state index in [1.165, 1.54) is 18.5 Å². The number of carbonyl (C=O) groups excluding carboxylic acids is 1. The molecule has 2 aliphatic rings. The van der Waals surface area contributed by atoms with Crippen LogP contribution >= 0.6 is 22.9 Å². The number of carbonyl (C=O) groups is 1. The Bertz CT molecular complexity index is 923. The van der Waals surface area contributed by atoms with E-state index in [0.29, 0.717) is 23.0 Å². The number of hydrogen-bond donors (Lipinski definition) is 1. The standard InChI is InChI=1S/C21H23ClN4OS/c1-21(20(27)24-12-19-25-17(13-28-19)14-2-3-14)6-8-26(9-7-21)18-5-4-16(22)10-15(18)11-23/h4-5,10,13-14H,2-3,6-9,12H2,1H3,(H,24,27). The smallest absolute Gasteiger partial charge is 0.226 e. The Morgan fingerprint density at radius 2 is 2.18 bits per heavy atom. The fourth-order valence-corrected chi connectivity index (χ4v) is 4.67. The number of aromatic nitrogens is 1. The number of nitrogens with zero attached hydrogens (tertiary/aromatic N) is 3. The van der Waals surface area contributed by atoms with E-state index in [0.717, 1.165) is 36.6 Å². The van der Waals surface area contributed by atoms with E-state index in [2.05, 4.69) is 26.6 Å². The Hall–Kier alpha value is -2.10. The number of thiazole rings is 1. The second kappa shape index (κ2) is 7.73. The molecule has 1 aromatic carbocycles. The molecule has 1 saturated heterocycles. The third-order valence-corrected chi connectivity index (χ3v) is 6.90. The highest BCUT2D eigenvalue weighted by Gasteiger charge is 2.37. The topological polar surface area (TPSA) is 69.0 Å². The average molecular weight is 415 g/mol. The Morgan fingerprint density at radius 1 is 1.43 bits per heavy atom. The minimum absolute atomic E-state index is 0.0898. The average Bonchev–Trinajstić information content (AvgIpc) is 3.45. The number of halogens is 1. The predicted molar refractivity (Wildman–Crippen MR) is 112 cm³/mol. The monoisotopic (exact) mass is 414 g/mol. The van der Waals surface area contributed by atoms with E-state index in [1.807, 2.05) is 19.1 Å². The van der Waals surface area contributed by atoms with Gasteiger partial charge < -0.3 is 10.2 Å². The zero-order valence-electron chi connectivity index (χ0n) is 15.9. The summed E-state index contributed by atoms with van der Waals surface area (Å²) in [4.78, 5) is 19.7. The zero-order valence-corrected chi connectivity index (χ0v) is 17.4. The van der Waals surface area contributed by atoms with Gasteiger partial charge in [-0.2, -0.15) is 5.26 Å². The van der Waals surface area contributed by atoms with Gasteiger partial charge in [0.2, 0.25) is 5.91 Å². The van der Waals surface area contributed by atoms with Crippen LogP contribution in [0.4, 0.5) is 5.69 Å². The van der Waals surface area contributed by atoms with Crippen LogP contribution in [-0.2, 0) is 11.3 Å². The number of piperidine rings is 1. The molecule has 146 valence electrons. The number of nitriles is 1. The molecule has 0 radical (unpaired) electrons. The molecular weight excluding hydrogens is 392 g/mol. The van der Waals surface area contributed by atoms with Crippen LogP contribution in [-0.4, -0.2) is 24.0 Å². The van der Waals surface area contributed by atoms with Gasteiger partial charge in [0.25, 0.3) is 0 Å². The van der Waals surface area contributed by atoms with Crippen LogP contribution in [0.3, 0.4) is 0 Å². The number of hydrogen-bond acceptors (Lipinski definition) is 5. The summed E-state index contributed by atoms with van der Waals surface area (Å²) >= 11 is 7.63. The molecule has 7 heteroatoms. The van der Waals surface area contributed by atoms with Crippen LogP contribution in [0.25, 0.3) is 0 Å². The van der Waals surface area contributed by atoms with Crippen LogP contribution in [0.2, 0.25) is 5.02 Å². The third kappa shape index (κ3) is 4.01. The van der Waals surface area contributed by atoms with Crippen molar-refractivity contribution in [3.05, 3.63) is 44.9 Å². The van der Waals surface area contributed by atoms with E-state index < -0.39 is 5.41 Å². The van der Waals surface area contributed by atoms with Gasteiger partial charge in [0.15, 0.2) is 0 Å². The van der Waals surface area contributed by atoms with Crippen molar-refractivity contribution in [1.29, 1.82) is 5.26 Å². The van der Waals surface area contributed by atoms with Gasteiger partial charge in [-0.1, -0.05) is 18.5 Å². The van der Waals surface area contributed by atoms with Crippen LogP contribution in [0.5, 0.6) is 0 Å². The lowest BCUT2D eigenvalue weighted by Crippen LogP contribution is -2.47. The minimum Gasteiger partial charge on any atom is -0.370 e. The number of anilines is 1. The highest BCUT2D eigenvalue weighted by molar-refractivity contribution is 7.09. The molecule has 4 rings (SSSR count). The highest BCUT2D eigenvalue weighted by atomic mass is 35.5. The van der Waals surface area contributed by atoms with Gasteiger partial charge in [-0.15, -0.1) is 11.3 Å². The molecule has 0 spiro atoms. The van der Waals surface area contributed by atoms with Crippen molar-refractivity contribution in [2.75, 3.05) is 18.0 Å². The molecule has 1 N–H and O–H groups in total. The number of amides is 1. The van der Waals surface area contributed by atoms with E-state index in [4.69, 9.17) is 11.6 Å². The lowest BCUT2D eigenvalue weighted by molar-refractivity contribution is -0.131. The normalized spacial score (nSPS) is 18.5. The Balaban J connectivity index is 1.34. The van der Waals surface area contributed by atoms with Crippen LogP contribution in [0, 0.1) is 16.7 Å². The molecule has 1 amide bonds. The first-order chi connectivity index (χ1) is 13.5. The van der Waals surface area contributed by atoms with Crippen molar-refractivity contribution >= 4 is 34.5 Å². The summed E-state index contributed by atoms with van der Waals surface area (Å²) in [6.45, 7) is 4.02. The van der Waals surface area contributed by atoms with Gasteiger partial charge in [-0.05, 0) is 43.9 Å². The lowest BCUT2D eigenvalue weighted by atomic mass is 9.79. The van der Waals surface area contributed by atoms with Gasteiger partial charge in [-0.25, -0.2) is 4.98 Å². The number of rotatable bonds is 5. The summed E-state index contributed by atoms with van der Waals surface area (Å²) in [6.07, 6.45) is 3.98. The van der Waals surface area contributed by atoms with E-state index in [-0.39, 0.29) is 5.91 Å². The summed E-state index contributed by atoms with van der Waals surface area (Å²) in [7, 11) is 0.